The van der Waals surface area contributed by atoms with Crippen LogP contribution >= 0.6 is 20.2 Å². The first-order valence-corrected chi connectivity index (χ1v) is 8.59. The molecule has 0 aromatic rings. The van der Waals surface area contributed by atoms with Crippen molar-refractivity contribution >= 4 is 20.2 Å². The van der Waals surface area contributed by atoms with Crippen LogP contribution in [0.15, 0.2) is 0 Å². The molecule has 0 aliphatic rings. The number of thiol groups is 1. The van der Waals surface area contributed by atoms with E-state index in [1.54, 1.807) is 0 Å². The van der Waals surface area contributed by atoms with Crippen molar-refractivity contribution in [2.24, 2.45) is 0 Å². The molecule has 17 heavy (non-hydrogen) atoms. The maximum absolute atomic E-state index is 12.6. The van der Waals surface area contributed by atoms with Gasteiger partial charge in [0.05, 0.1) is 12.2 Å². The number of rotatable bonds is 9. The van der Waals surface area contributed by atoms with Gasteiger partial charge in [-0.1, -0.05) is 26.2 Å². The van der Waals surface area contributed by atoms with E-state index in [-0.39, 0.29) is 17.2 Å². The predicted molar refractivity (Wildman–Crippen MR) is 77.0 cm³/mol. The molecule has 0 saturated heterocycles. The van der Waals surface area contributed by atoms with E-state index in [1.165, 1.54) is 0 Å². The maximum Gasteiger partial charge on any atom is 0.343 e. The average Bonchev–Trinajstić information content (AvgIpc) is 2.15. The second kappa shape index (κ2) is 8.58. The van der Waals surface area contributed by atoms with Crippen molar-refractivity contribution < 1.29 is 13.6 Å². The molecule has 3 nitrogen and oxygen atoms in total. The first-order valence-electron chi connectivity index (χ1n) is 6.46. The minimum absolute atomic E-state index is 0.111. The van der Waals surface area contributed by atoms with Crippen LogP contribution in [0, 0.1) is 0 Å². The highest BCUT2D eigenvalue weighted by atomic mass is 32.1. The van der Waals surface area contributed by atoms with Crippen LogP contribution in [0.3, 0.4) is 0 Å². The second-order valence-corrected chi connectivity index (χ2v) is 7.98. The Morgan fingerprint density at radius 1 is 1.06 bits per heavy atom. The molecule has 0 saturated carbocycles. The van der Waals surface area contributed by atoms with Gasteiger partial charge in [0.2, 0.25) is 0 Å². The van der Waals surface area contributed by atoms with Crippen LogP contribution in [-0.2, 0) is 13.6 Å². The summed E-state index contributed by atoms with van der Waals surface area (Å²) in [6, 6.07) is 0. The van der Waals surface area contributed by atoms with Gasteiger partial charge in [-0.25, -0.2) is 0 Å². The SMILES string of the molecule is CCCCCC(S)P(=O)(OC(C)C)OC(C)C. The molecule has 0 aromatic heterocycles. The van der Waals surface area contributed by atoms with Gasteiger partial charge >= 0.3 is 7.60 Å². The zero-order valence-corrected chi connectivity index (χ0v) is 13.5. The summed E-state index contributed by atoms with van der Waals surface area (Å²) in [5, 5.41) is 0. The zero-order valence-electron chi connectivity index (χ0n) is 11.7. The summed E-state index contributed by atoms with van der Waals surface area (Å²) in [4.78, 5) is -0.321. The molecule has 0 spiro atoms. The molecule has 0 bridgehead atoms. The maximum atomic E-state index is 12.6. The average molecular weight is 282 g/mol. The molecule has 0 amide bonds. The van der Waals surface area contributed by atoms with Gasteiger partial charge in [0.25, 0.3) is 0 Å². The van der Waals surface area contributed by atoms with Crippen LogP contribution in [0.25, 0.3) is 0 Å². The van der Waals surface area contributed by atoms with Crippen molar-refractivity contribution in [3.8, 4) is 0 Å². The van der Waals surface area contributed by atoms with E-state index < -0.39 is 7.60 Å². The van der Waals surface area contributed by atoms with Gasteiger partial charge in [-0.3, -0.25) is 4.57 Å². The monoisotopic (exact) mass is 282 g/mol. The highest BCUT2D eigenvalue weighted by Gasteiger charge is 2.35. The standard InChI is InChI=1S/C12H27O3PS/c1-6-7-8-9-12(17)16(13,14-10(2)3)15-11(4)5/h10-12,17H,6-9H2,1-5H3. The Morgan fingerprint density at radius 3 is 1.88 bits per heavy atom. The Labute approximate surface area is 112 Å². The molecule has 0 radical (unpaired) electrons. The molecule has 0 aliphatic carbocycles. The van der Waals surface area contributed by atoms with E-state index in [4.69, 9.17) is 9.05 Å². The lowest BCUT2D eigenvalue weighted by Crippen LogP contribution is -2.14. The first kappa shape index (κ1) is 17.5. The molecule has 0 heterocycles. The lowest BCUT2D eigenvalue weighted by atomic mass is 10.2. The van der Waals surface area contributed by atoms with Crippen molar-refractivity contribution in [1.82, 2.24) is 0 Å². The Bertz CT molecular complexity index is 230. The van der Waals surface area contributed by atoms with Gasteiger partial charge in [0.1, 0.15) is 4.99 Å². The smallest absolute Gasteiger partial charge is 0.305 e. The third-order valence-electron chi connectivity index (χ3n) is 2.15. The van der Waals surface area contributed by atoms with E-state index in [0.29, 0.717) is 0 Å². The van der Waals surface area contributed by atoms with Crippen molar-refractivity contribution in [3.63, 3.8) is 0 Å². The Balaban J connectivity index is 4.49. The van der Waals surface area contributed by atoms with Gasteiger partial charge in [0.15, 0.2) is 0 Å². The van der Waals surface area contributed by atoms with Crippen LogP contribution in [0.2, 0.25) is 0 Å². The number of unbranched alkanes of at least 4 members (excludes halogenated alkanes) is 2. The van der Waals surface area contributed by atoms with E-state index >= 15 is 0 Å². The lowest BCUT2D eigenvalue weighted by molar-refractivity contribution is 0.140. The van der Waals surface area contributed by atoms with Crippen molar-refractivity contribution in [1.29, 1.82) is 0 Å². The molecule has 0 rings (SSSR count). The molecule has 1 unspecified atom stereocenters. The van der Waals surface area contributed by atoms with E-state index in [0.717, 1.165) is 25.7 Å². The minimum Gasteiger partial charge on any atom is -0.305 e. The van der Waals surface area contributed by atoms with Gasteiger partial charge in [-0.2, -0.15) is 12.6 Å². The summed E-state index contributed by atoms with van der Waals surface area (Å²) in [5.41, 5.74) is 0. The molecule has 104 valence electrons. The van der Waals surface area contributed by atoms with E-state index in [1.807, 2.05) is 27.7 Å². The highest BCUT2D eigenvalue weighted by Crippen LogP contribution is 2.57. The summed E-state index contributed by atoms with van der Waals surface area (Å²) >= 11 is 4.42. The number of hydrogen-bond donors (Lipinski definition) is 1. The third kappa shape index (κ3) is 7.50. The summed E-state index contributed by atoms with van der Waals surface area (Å²) in [6.45, 7) is 9.60. The largest absolute Gasteiger partial charge is 0.343 e. The molecular formula is C12H27O3PS. The lowest BCUT2D eigenvalue weighted by Gasteiger charge is -2.27. The van der Waals surface area contributed by atoms with Crippen molar-refractivity contribution in [2.45, 2.75) is 77.5 Å². The summed E-state index contributed by atoms with van der Waals surface area (Å²) < 4.78 is 23.6. The van der Waals surface area contributed by atoms with Crippen molar-refractivity contribution in [2.75, 3.05) is 0 Å². The Hall–Kier alpha value is 0.500. The van der Waals surface area contributed by atoms with Gasteiger partial charge in [0, 0.05) is 0 Å². The van der Waals surface area contributed by atoms with Crippen LogP contribution in [0.4, 0.5) is 0 Å². The van der Waals surface area contributed by atoms with Crippen LogP contribution < -0.4 is 0 Å². The first-order chi connectivity index (χ1) is 7.81. The normalized spacial score (nSPS) is 14.6. The summed E-state index contributed by atoms with van der Waals surface area (Å²) in [5.74, 6) is 0. The fourth-order valence-corrected chi connectivity index (χ4v) is 4.00. The third-order valence-corrected chi connectivity index (χ3v) is 5.67. The number of hydrogen-bond acceptors (Lipinski definition) is 4. The quantitative estimate of drug-likeness (QED) is 0.372. The molecule has 1 atom stereocenters. The van der Waals surface area contributed by atoms with Gasteiger partial charge in [-0.05, 0) is 34.1 Å². The molecular weight excluding hydrogens is 255 g/mol. The van der Waals surface area contributed by atoms with Crippen molar-refractivity contribution in [3.05, 3.63) is 0 Å². The van der Waals surface area contributed by atoms with E-state index in [9.17, 15) is 4.57 Å². The van der Waals surface area contributed by atoms with Gasteiger partial charge in [-0.15, -0.1) is 0 Å². The fourth-order valence-electron chi connectivity index (χ4n) is 1.49. The van der Waals surface area contributed by atoms with Crippen LogP contribution in [0.5, 0.6) is 0 Å². The molecule has 5 heteroatoms. The van der Waals surface area contributed by atoms with Crippen LogP contribution in [-0.4, -0.2) is 17.2 Å². The molecule has 0 N–H and O–H groups in total. The highest BCUT2D eigenvalue weighted by molar-refractivity contribution is 7.89. The second-order valence-electron chi connectivity index (χ2n) is 4.82. The molecule has 0 aromatic carbocycles. The molecule has 0 fully saturated rings. The van der Waals surface area contributed by atoms with Crippen LogP contribution in [0.1, 0.15) is 60.3 Å². The summed E-state index contributed by atoms with van der Waals surface area (Å²) in [6.07, 6.45) is 3.83. The molecule has 0 aliphatic heterocycles. The van der Waals surface area contributed by atoms with Gasteiger partial charge < -0.3 is 9.05 Å². The fraction of sp³-hybridized carbons (Fsp3) is 1.00. The Morgan fingerprint density at radius 2 is 1.53 bits per heavy atom. The van der Waals surface area contributed by atoms with E-state index in [2.05, 4.69) is 19.6 Å². The zero-order chi connectivity index (χ0) is 13.5. The Kier molecular flexibility index (Phi) is 8.83. The topological polar surface area (TPSA) is 35.5 Å². The minimum atomic E-state index is -3.10. The predicted octanol–water partition coefficient (Wildman–Crippen LogP) is 4.87. The summed E-state index contributed by atoms with van der Waals surface area (Å²) in [7, 11) is -3.10.